The lowest BCUT2D eigenvalue weighted by Gasteiger charge is -2.13. The average molecular weight is 327 g/mol. The summed E-state index contributed by atoms with van der Waals surface area (Å²) >= 11 is 0. The summed E-state index contributed by atoms with van der Waals surface area (Å²) in [6.45, 7) is 1.71. The van der Waals surface area contributed by atoms with Crippen molar-refractivity contribution in [3.63, 3.8) is 0 Å². The van der Waals surface area contributed by atoms with Crippen LogP contribution in [0.5, 0.6) is 0 Å². The number of oxazole rings is 1. The molecule has 1 amide bonds. The molecule has 2 rings (SSSR count). The fourth-order valence-electron chi connectivity index (χ4n) is 2.19. The zero-order chi connectivity index (χ0) is 16.7. The first-order valence-electron chi connectivity index (χ1n) is 6.57. The number of sulfonamides is 1. The minimum atomic E-state index is -3.64. The van der Waals surface area contributed by atoms with E-state index in [2.05, 4.69) is 0 Å². The number of primary amides is 1. The predicted octanol–water partition coefficient (Wildman–Crippen LogP) is 0.281. The Hall–Kier alpha value is -2.13. The molecule has 1 unspecified atom stereocenters. The lowest BCUT2D eigenvalue weighted by molar-refractivity contribution is -0.121. The van der Waals surface area contributed by atoms with Gasteiger partial charge in [0.2, 0.25) is 15.9 Å². The lowest BCUT2D eigenvalue weighted by Crippen LogP contribution is -2.31. The predicted molar refractivity (Wildman–Crippen MR) is 79.9 cm³/mol. The molecule has 0 aliphatic rings. The molecule has 2 aromatic rings. The first-order valence-corrected chi connectivity index (χ1v) is 8.01. The van der Waals surface area contributed by atoms with Gasteiger partial charge in [0, 0.05) is 20.2 Å². The summed E-state index contributed by atoms with van der Waals surface area (Å²) in [6, 6.07) is 3.21. The van der Waals surface area contributed by atoms with Crippen LogP contribution in [0.1, 0.15) is 19.4 Å². The normalized spacial score (nSPS) is 13.6. The number of benzene rings is 1. The van der Waals surface area contributed by atoms with E-state index in [1.165, 1.54) is 32.3 Å². The molecule has 0 saturated heterocycles. The second-order valence-corrected chi connectivity index (χ2v) is 7.13. The van der Waals surface area contributed by atoms with Crippen molar-refractivity contribution >= 4 is 27.0 Å². The zero-order valence-corrected chi connectivity index (χ0v) is 13.3. The van der Waals surface area contributed by atoms with Crippen molar-refractivity contribution in [1.29, 1.82) is 0 Å². The smallest absolute Gasteiger partial charge is 0.408 e. The number of nitrogens with zero attached hydrogens (tertiary/aromatic N) is 2. The Kier molecular flexibility index (Phi) is 4.12. The van der Waals surface area contributed by atoms with Crippen molar-refractivity contribution < 1.29 is 17.6 Å². The van der Waals surface area contributed by atoms with Gasteiger partial charge in [-0.3, -0.25) is 9.36 Å². The molecule has 120 valence electrons. The quantitative estimate of drug-likeness (QED) is 0.847. The van der Waals surface area contributed by atoms with Crippen molar-refractivity contribution in [2.24, 2.45) is 5.73 Å². The van der Waals surface area contributed by atoms with Gasteiger partial charge in [0.05, 0.1) is 10.4 Å². The highest BCUT2D eigenvalue weighted by Crippen LogP contribution is 2.23. The highest BCUT2D eigenvalue weighted by atomic mass is 32.2. The van der Waals surface area contributed by atoms with E-state index in [1.807, 2.05) is 0 Å². The van der Waals surface area contributed by atoms with Gasteiger partial charge in [0.15, 0.2) is 5.58 Å². The third-order valence-corrected chi connectivity index (χ3v) is 5.20. The third kappa shape index (κ3) is 2.53. The van der Waals surface area contributed by atoms with Crippen molar-refractivity contribution in [3.05, 3.63) is 28.7 Å². The zero-order valence-electron chi connectivity index (χ0n) is 12.4. The molecule has 1 aromatic heterocycles. The van der Waals surface area contributed by atoms with Crippen LogP contribution in [0.15, 0.2) is 32.3 Å². The number of nitrogens with two attached hydrogens (primary N) is 1. The number of carbonyl (C=O) groups excluding carboxylic acids is 1. The maximum atomic E-state index is 12.1. The molecule has 0 spiro atoms. The Labute approximate surface area is 127 Å². The highest BCUT2D eigenvalue weighted by molar-refractivity contribution is 7.89. The van der Waals surface area contributed by atoms with E-state index in [9.17, 15) is 18.0 Å². The van der Waals surface area contributed by atoms with E-state index in [0.29, 0.717) is 11.9 Å². The second kappa shape index (κ2) is 5.58. The Balaban J connectivity index is 2.69. The summed E-state index contributed by atoms with van der Waals surface area (Å²) in [6.07, 6.45) is 0.321. The van der Waals surface area contributed by atoms with E-state index in [4.69, 9.17) is 10.2 Å². The van der Waals surface area contributed by atoms with Gasteiger partial charge in [0.1, 0.15) is 6.04 Å². The van der Waals surface area contributed by atoms with Gasteiger partial charge < -0.3 is 10.2 Å². The lowest BCUT2D eigenvalue weighted by atomic mass is 10.2. The molecule has 1 atom stereocenters. The van der Waals surface area contributed by atoms with Gasteiger partial charge in [-0.1, -0.05) is 6.92 Å². The van der Waals surface area contributed by atoms with E-state index in [0.717, 1.165) is 8.87 Å². The standard InChI is InChI=1S/C13H17N3O5S/c1-4-9(12(14)17)16-10-6-5-8(22(19,20)15(2)3)7-11(10)21-13(16)18/h5-7,9H,4H2,1-3H3,(H2,14,17). The fraction of sp³-hybridized carbons (Fsp3) is 0.385. The van der Waals surface area contributed by atoms with Crippen molar-refractivity contribution in [3.8, 4) is 0 Å². The number of aromatic nitrogens is 1. The van der Waals surface area contributed by atoms with Gasteiger partial charge >= 0.3 is 5.76 Å². The van der Waals surface area contributed by atoms with Crippen LogP contribution < -0.4 is 11.5 Å². The van der Waals surface area contributed by atoms with Gasteiger partial charge in [-0.05, 0) is 18.6 Å². The second-order valence-electron chi connectivity index (χ2n) is 4.98. The van der Waals surface area contributed by atoms with Crippen LogP contribution in [-0.4, -0.2) is 37.3 Å². The highest BCUT2D eigenvalue weighted by Gasteiger charge is 2.24. The van der Waals surface area contributed by atoms with Crippen molar-refractivity contribution in [2.45, 2.75) is 24.3 Å². The van der Waals surface area contributed by atoms with Crippen LogP contribution >= 0.6 is 0 Å². The topological polar surface area (TPSA) is 116 Å². The van der Waals surface area contributed by atoms with Crippen LogP contribution in [-0.2, 0) is 14.8 Å². The van der Waals surface area contributed by atoms with Crippen molar-refractivity contribution in [1.82, 2.24) is 8.87 Å². The van der Waals surface area contributed by atoms with Crippen LogP contribution in [0.4, 0.5) is 0 Å². The van der Waals surface area contributed by atoms with Gasteiger partial charge in [-0.25, -0.2) is 17.5 Å². The number of rotatable bonds is 5. The maximum absolute atomic E-state index is 12.1. The minimum absolute atomic E-state index is 0.00183. The van der Waals surface area contributed by atoms with Gasteiger partial charge in [-0.15, -0.1) is 0 Å². The van der Waals surface area contributed by atoms with Crippen LogP contribution in [0, 0.1) is 0 Å². The molecule has 0 bridgehead atoms. The molecular weight excluding hydrogens is 310 g/mol. The summed E-state index contributed by atoms with van der Waals surface area (Å²) in [4.78, 5) is 23.4. The van der Waals surface area contributed by atoms with E-state index < -0.39 is 27.7 Å². The van der Waals surface area contributed by atoms with Gasteiger partial charge in [-0.2, -0.15) is 0 Å². The average Bonchev–Trinajstić information content (AvgIpc) is 2.75. The Morgan fingerprint density at radius 3 is 2.55 bits per heavy atom. The number of hydrogen-bond acceptors (Lipinski definition) is 5. The van der Waals surface area contributed by atoms with E-state index in [1.54, 1.807) is 6.92 Å². The summed E-state index contributed by atoms with van der Waals surface area (Å²) in [7, 11) is -0.836. The monoisotopic (exact) mass is 327 g/mol. The third-order valence-electron chi connectivity index (χ3n) is 3.39. The van der Waals surface area contributed by atoms with Crippen LogP contribution in [0.3, 0.4) is 0 Å². The van der Waals surface area contributed by atoms with E-state index in [-0.39, 0.29) is 10.5 Å². The first kappa shape index (κ1) is 16.2. The first-order chi connectivity index (χ1) is 10.2. The summed E-state index contributed by atoms with van der Waals surface area (Å²) in [5, 5.41) is 0. The fourth-order valence-corrected chi connectivity index (χ4v) is 3.11. The van der Waals surface area contributed by atoms with Crippen molar-refractivity contribution in [2.75, 3.05) is 14.1 Å². The Morgan fingerprint density at radius 2 is 2.05 bits per heavy atom. The Morgan fingerprint density at radius 1 is 1.41 bits per heavy atom. The maximum Gasteiger partial charge on any atom is 0.420 e. The SMILES string of the molecule is CCC(C(N)=O)n1c(=O)oc2cc(S(=O)(=O)N(C)C)ccc21. The minimum Gasteiger partial charge on any atom is -0.408 e. The molecular formula is C13H17N3O5S. The molecule has 9 heteroatoms. The number of fused-ring (bicyclic) bond motifs is 1. The van der Waals surface area contributed by atoms with Crippen LogP contribution in [0.2, 0.25) is 0 Å². The number of amides is 1. The number of carbonyl (C=O) groups is 1. The largest absolute Gasteiger partial charge is 0.420 e. The van der Waals surface area contributed by atoms with E-state index >= 15 is 0 Å². The summed E-state index contributed by atoms with van der Waals surface area (Å²) in [5.74, 6) is -1.41. The molecule has 1 aromatic carbocycles. The molecule has 0 radical (unpaired) electrons. The summed E-state index contributed by atoms with van der Waals surface area (Å²) in [5.41, 5.74) is 5.71. The Bertz CT molecular complexity index is 879. The number of hydrogen-bond donors (Lipinski definition) is 1. The molecule has 2 N–H and O–H groups in total. The molecule has 22 heavy (non-hydrogen) atoms. The molecule has 1 heterocycles. The molecule has 0 fully saturated rings. The van der Waals surface area contributed by atoms with Crippen LogP contribution in [0.25, 0.3) is 11.1 Å². The molecule has 8 nitrogen and oxygen atoms in total. The molecule has 0 aliphatic heterocycles. The molecule has 0 aliphatic carbocycles. The van der Waals surface area contributed by atoms with Gasteiger partial charge in [0.25, 0.3) is 0 Å². The summed E-state index contributed by atoms with van der Waals surface area (Å²) < 4.78 is 31.4. The molecule has 0 saturated carbocycles.